The zero-order valence-corrected chi connectivity index (χ0v) is 15.5. The van der Waals surface area contributed by atoms with Gasteiger partial charge in [0.15, 0.2) is 5.69 Å². The highest BCUT2D eigenvalue weighted by Crippen LogP contribution is 2.40. The zero-order valence-electron chi connectivity index (χ0n) is 15.5. The number of amides is 1. The van der Waals surface area contributed by atoms with Gasteiger partial charge in [0, 0.05) is 11.3 Å². The van der Waals surface area contributed by atoms with Gasteiger partial charge in [0.2, 0.25) is 0 Å². The average Bonchev–Trinajstić information content (AvgIpc) is 3.06. The fourth-order valence-electron chi connectivity index (χ4n) is 3.41. The van der Waals surface area contributed by atoms with E-state index in [0.717, 1.165) is 36.9 Å². The Morgan fingerprint density at radius 3 is 2.85 bits per heavy atom. The van der Waals surface area contributed by atoms with E-state index >= 15 is 0 Å². The lowest BCUT2D eigenvalue weighted by atomic mass is 9.69. The summed E-state index contributed by atoms with van der Waals surface area (Å²) in [4.78, 5) is 12.5. The van der Waals surface area contributed by atoms with E-state index in [-0.39, 0.29) is 17.1 Å². The number of aryl methyl sites for hydroxylation is 1. The molecule has 3 rings (SSSR count). The van der Waals surface area contributed by atoms with Crippen LogP contribution >= 0.6 is 0 Å². The van der Waals surface area contributed by atoms with Gasteiger partial charge in [-0.1, -0.05) is 39.3 Å². The van der Waals surface area contributed by atoms with Crippen LogP contribution in [0.3, 0.4) is 0 Å². The third-order valence-corrected chi connectivity index (χ3v) is 5.63. The number of nitrogens with zero attached hydrogens (tertiary/aromatic N) is 2. The predicted octanol–water partition coefficient (Wildman–Crippen LogP) is 3.85. The SMILES string of the molecule is CCC(C)(C)[C@H]1CCc2[nH]nc(C(=O)N/N=C\c3ccc(F)cc3)c2C1. The Bertz CT molecular complexity index is 808. The molecule has 6 heteroatoms. The first-order chi connectivity index (χ1) is 12.4. The molecule has 1 aromatic carbocycles. The topological polar surface area (TPSA) is 70.1 Å². The van der Waals surface area contributed by atoms with E-state index in [1.54, 1.807) is 12.1 Å². The molecule has 26 heavy (non-hydrogen) atoms. The van der Waals surface area contributed by atoms with Crippen LogP contribution in [0.25, 0.3) is 0 Å². The smallest absolute Gasteiger partial charge is 0.281 e. The van der Waals surface area contributed by atoms with Crippen LogP contribution in [0.15, 0.2) is 29.4 Å². The van der Waals surface area contributed by atoms with E-state index in [0.29, 0.717) is 17.2 Å². The number of H-pyrrole nitrogens is 1. The van der Waals surface area contributed by atoms with Gasteiger partial charge in [-0.25, -0.2) is 9.82 Å². The van der Waals surface area contributed by atoms with Crippen LogP contribution in [-0.4, -0.2) is 22.3 Å². The second-order valence-corrected chi connectivity index (χ2v) is 7.56. The van der Waals surface area contributed by atoms with E-state index in [1.165, 1.54) is 18.3 Å². The number of aromatic nitrogens is 2. The fourth-order valence-corrected chi connectivity index (χ4v) is 3.41. The van der Waals surface area contributed by atoms with Gasteiger partial charge in [0.05, 0.1) is 6.21 Å². The number of hydrogen-bond donors (Lipinski definition) is 2. The maximum atomic E-state index is 12.9. The molecule has 0 fully saturated rings. The minimum Gasteiger partial charge on any atom is -0.281 e. The van der Waals surface area contributed by atoms with Crippen LogP contribution in [-0.2, 0) is 12.8 Å². The maximum Gasteiger partial charge on any atom is 0.292 e. The van der Waals surface area contributed by atoms with Crippen molar-refractivity contribution in [2.24, 2.45) is 16.4 Å². The van der Waals surface area contributed by atoms with Crippen LogP contribution < -0.4 is 5.43 Å². The lowest BCUT2D eigenvalue weighted by Gasteiger charge is -2.36. The van der Waals surface area contributed by atoms with E-state index in [1.807, 2.05) is 0 Å². The summed E-state index contributed by atoms with van der Waals surface area (Å²) in [6.45, 7) is 6.79. The van der Waals surface area contributed by atoms with Crippen molar-refractivity contribution in [2.45, 2.75) is 46.5 Å². The quantitative estimate of drug-likeness (QED) is 0.631. The van der Waals surface area contributed by atoms with Crippen molar-refractivity contribution in [1.82, 2.24) is 15.6 Å². The molecule has 1 atom stereocenters. The maximum absolute atomic E-state index is 12.9. The zero-order chi connectivity index (χ0) is 18.7. The average molecular weight is 356 g/mol. The van der Waals surface area contributed by atoms with E-state index in [4.69, 9.17) is 0 Å². The molecule has 1 aliphatic carbocycles. The molecule has 0 unspecified atom stereocenters. The van der Waals surface area contributed by atoms with Gasteiger partial charge >= 0.3 is 0 Å². The van der Waals surface area contributed by atoms with Gasteiger partial charge in [0.1, 0.15) is 5.82 Å². The van der Waals surface area contributed by atoms with Gasteiger partial charge < -0.3 is 0 Å². The Morgan fingerprint density at radius 2 is 2.15 bits per heavy atom. The summed E-state index contributed by atoms with van der Waals surface area (Å²) in [5.41, 5.74) is 5.96. The number of hydrogen-bond acceptors (Lipinski definition) is 3. The monoisotopic (exact) mass is 356 g/mol. The first-order valence-corrected chi connectivity index (χ1v) is 9.06. The van der Waals surface area contributed by atoms with Crippen molar-refractivity contribution in [3.63, 3.8) is 0 Å². The second-order valence-electron chi connectivity index (χ2n) is 7.56. The van der Waals surface area contributed by atoms with Crippen molar-refractivity contribution in [1.29, 1.82) is 0 Å². The molecule has 1 aromatic heterocycles. The molecule has 0 aliphatic heterocycles. The fraction of sp³-hybridized carbons (Fsp3) is 0.450. The minimum absolute atomic E-state index is 0.240. The van der Waals surface area contributed by atoms with Gasteiger partial charge in [0.25, 0.3) is 5.91 Å². The molecule has 0 saturated carbocycles. The van der Waals surface area contributed by atoms with Gasteiger partial charge in [-0.15, -0.1) is 0 Å². The molecule has 0 bridgehead atoms. The van der Waals surface area contributed by atoms with Crippen molar-refractivity contribution in [3.05, 3.63) is 52.6 Å². The summed E-state index contributed by atoms with van der Waals surface area (Å²) >= 11 is 0. The normalized spacial score (nSPS) is 17.3. The third-order valence-electron chi connectivity index (χ3n) is 5.63. The summed E-state index contributed by atoms with van der Waals surface area (Å²) in [5.74, 6) is -0.0958. The number of nitrogens with one attached hydrogen (secondary N) is 2. The molecule has 1 amide bonds. The molecule has 138 valence electrons. The Hall–Kier alpha value is -2.50. The lowest BCUT2D eigenvalue weighted by molar-refractivity contribution is 0.0947. The molecule has 2 aromatic rings. The van der Waals surface area contributed by atoms with Crippen molar-refractivity contribution in [2.75, 3.05) is 0 Å². The van der Waals surface area contributed by atoms with E-state index in [2.05, 4.69) is 41.5 Å². The van der Waals surface area contributed by atoms with Crippen LogP contribution in [0.4, 0.5) is 4.39 Å². The first kappa shape index (κ1) is 18.3. The largest absolute Gasteiger partial charge is 0.292 e. The highest BCUT2D eigenvalue weighted by atomic mass is 19.1. The first-order valence-electron chi connectivity index (χ1n) is 9.06. The highest BCUT2D eigenvalue weighted by Gasteiger charge is 2.34. The molecule has 0 radical (unpaired) electrons. The third kappa shape index (κ3) is 3.84. The molecule has 1 aliphatic rings. The van der Waals surface area contributed by atoms with Gasteiger partial charge in [-0.05, 0) is 48.3 Å². The Kier molecular flexibility index (Phi) is 5.20. The van der Waals surface area contributed by atoms with E-state index < -0.39 is 0 Å². The molecule has 2 N–H and O–H groups in total. The van der Waals surface area contributed by atoms with Crippen LogP contribution in [0.2, 0.25) is 0 Å². The van der Waals surface area contributed by atoms with Gasteiger partial charge in [-0.3, -0.25) is 9.89 Å². The van der Waals surface area contributed by atoms with Crippen molar-refractivity contribution in [3.8, 4) is 0 Å². The number of carbonyl (C=O) groups is 1. The van der Waals surface area contributed by atoms with Crippen molar-refractivity contribution < 1.29 is 9.18 Å². The Labute approximate surface area is 153 Å². The van der Waals surface area contributed by atoms with Crippen LogP contribution in [0.1, 0.15) is 60.9 Å². The highest BCUT2D eigenvalue weighted by molar-refractivity contribution is 5.94. The van der Waals surface area contributed by atoms with Crippen LogP contribution in [0.5, 0.6) is 0 Å². The molecular weight excluding hydrogens is 331 g/mol. The second kappa shape index (κ2) is 7.40. The minimum atomic E-state index is -0.323. The van der Waals surface area contributed by atoms with E-state index in [9.17, 15) is 9.18 Å². The number of hydrazone groups is 1. The summed E-state index contributed by atoms with van der Waals surface area (Å²) in [6, 6.07) is 5.89. The van der Waals surface area contributed by atoms with Crippen molar-refractivity contribution >= 4 is 12.1 Å². The molecular formula is C20H25FN4O. The summed E-state index contributed by atoms with van der Waals surface area (Å²) in [5, 5.41) is 11.2. The molecule has 0 spiro atoms. The summed E-state index contributed by atoms with van der Waals surface area (Å²) < 4.78 is 12.9. The predicted molar refractivity (Wildman–Crippen MR) is 99.6 cm³/mol. The number of halogens is 1. The summed E-state index contributed by atoms with van der Waals surface area (Å²) in [6.07, 6.45) is 5.48. The molecule has 0 saturated heterocycles. The number of fused-ring (bicyclic) bond motifs is 1. The Balaban J connectivity index is 1.70. The number of rotatable bonds is 5. The van der Waals surface area contributed by atoms with Gasteiger partial charge in [-0.2, -0.15) is 10.2 Å². The number of benzene rings is 1. The molecule has 5 nitrogen and oxygen atoms in total. The molecule has 1 heterocycles. The summed E-state index contributed by atoms with van der Waals surface area (Å²) in [7, 11) is 0. The number of aromatic amines is 1. The lowest BCUT2D eigenvalue weighted by Crippen LogP contribution is -2.30. The Morgan fingerprint density at radius 1 is 1.42 bits per heavy atom. The standard InChI is InChI=1S/C20H25FN4O/c1-4-20(2,3)14-7-10-17-16(11-14)18(24-23-17)19(26)25-22-12-13-5-8-15(21)9-6-13/h5-6,8-9,12,14H,4,7,10-11H2,1-3H3,(H,23,24)(H,25,26)/b22-12-/t14-/m0/s1. The van der Waals surface area contributed by atoms with Crippen LogP contribution in [0, 0.1) is 17.2 Å². The number of carbonyl (C=O) groups excluding carboxylic acids is 1.